The number of nitrogens with one attached hydrogen (secondary N) is 1. The third-order valence-corrected chi connectivity index (χ3v) is 6.57. The fourth-order valence-corrected chi connectivity index (χ4v) is 4.54. The van der Waals surface area contributed by atoms with Gasteiger partial charge in [-0.1, -0.05) is 17.7 Å². The number of morpholine rings is 1. The van der Waals surface area contributed by atoms with Gasteiger partial charge in [-0.25, -0.2) is 13.2 Å². The van der Waals surface area contributed by atoms with E-state index in [1.54, 1.807) is 6.07 Å². The number of hydrogen-bond acceptors (Lipinski definition) is 7. The maximum absolute atomic E-state index is 12.8. The number of amides is 1. The molecular weight excluding hydrogens is 448 g/mol. The number of ether oxygens (including phenoxy) is 3. The van der Waals surface area contributed by atoms with Crippen molar-refractivity contribution in [2.45, 2.75) is 4.90 Å². The third kappa shape index (κ3) is 5.73. The molecule has 0 spiro atoms. The minimum absolute atomic E-state index is 0.0489. The van der Waals surface area contributed by atoms with Crippen molar-refractivity contribution in [2.75, 3.05) is 45.3 Å². The van der Waals surface area contributed by atoms with Crippen LogP contribution in [0.2, 0.25) is 5.02 Å². The van der Waals surface area contributed by atoms with Gasteiger partial charge in [0.1, 0.15) is 11.3 Å². The van der Waals surface area contributed by atoms with Gasteiger partial charge in [-0.15, -0.1) is 0 Å². The molecule has 31 heavy (non-hydrogen) atoms. The van der Waals surface area contributed by atoms with Crippen LogP contribution in [0.3, 0.4) is 0 Å². The summed E-state index contributed by atoms with van der Waals surface area (Å²) in [5, 5.41) is 2.84. The number of sulfonamides is 1. The van der Waals surface area contributed by atoms with Crippen LogP contribution < -0.4 is 10.1 Å². The molecule has 0 atom stereocenters. The second-order valence-electron chi connectivity index (χ2n) is 6.51. The molecule has 0 bridgehead atoms. The summed E-state index contributed by atoms with van der Waals surface area (Å²) in [6, 6.07) is 10.3. The van der Waals surface area contributed by atoms with Crippen LogP contribution >= 0.6 is 11.6 Å². The van der Waals surface area contributed by atoms with Crippen LogP contribution in [0.4, 0.5) is 5.69 Å². The molecule has 1 amide bonds. The Balaban J connectivity index is 1.63. The van der Waals surface area contributed by atoms with E-state index in [2.05, 4.69) is 5.32 Å². The monoisotopic (exact) mass is 468 g/mol. The van der Waals surface area contributed by atoms with Gasteiger partial charge < -0.3 is 19.5 Å². The number of carbonyl (C=O) groups is 2. The zero-order valence-electron chi connectivity index (χ0n) is 16.7. The Morgan fingerprint density at radius 1 is 1.16 bits per heavy atom. The Bertz CT molecular complexity index is 1070. The van der Waals surface area contributed by atoms with Crippen LogP contribution in [-0.4, -0.2) is 64.6 Å². The molecule has 11 heteroatoms. The predicted octanol–water partition coefficient (Wildman–Crippen LogP) is 2.17. The summed E-state index contributed by atoms with van der Waals surface area (Å²) in [5.74, 6) is -1.15. The van der Waals surface area contributed by atoms with Crippen LogP contribution in [0.1, 0.15) is 10.4 Å². The second kappa shape index (κ2) is 10.1. The molecule has 1 saturated heterocycles. The number of carbonyl (C=O) groups excluding carboxylic acids is 2. The first kappa shape index (κ1) is 23.0. The molecule has 0 aliphatic carbocycles. The molecule has 1 fully saturated rings. The normalized spacial score (nSPS) is 14.6. The smallest absolute Gasteiger partial charge is 0.342 e. The first-order valence-corrected chi connectivity index (χ1v) is 11.1. The quantitative estimate of drug-likeness (QED) is 0.620. The number of nitrogens with zero attached hydrogens (tertiary/aromatic N) is 1. The summed E-state index contributed by atoms with van der Waals surface area (Å²) < 4.78 is 42.1. The molecule has 2 aromatic rings. The van der Waals surface area contributed by atoms with Gasteiger partial charge in [0, 0.05) is 23.8 Å². The Labute approximate surface area is 184 Å². The highest BCUT2D eigenvalue weighted by atomic mass is 35.5. The number of halogens is 1. The van der Waals surface area contributed by atoms with Gasteiger partial charge in [-0.2, -0.15) is 4.31 Å². The fourth-order valence-electron chi connectivity index (χ4n) is 2.92. The maximum Gasteiger partial charge on any atom is 0.342 e. The zero-order chi connectivity index (χ0) is 22.4. The van der Waals surface area contributed by atoms with Gasteiger partial charge in [-0.3, -0.25) is 4.79 Å². The van der Waals surface area contributed by atoms with E-state index in [4.69, 9.17) is 25.8 Å². The van der Waals surface area contributed by atoms with Crippen molar-refractivity contribution >= 4 is 39.2 Å². The molecule has 2 aromatic carbocycles. The summed E-state index contributed by atoms with van der Waals surface area (Å²) >= 11 is 5.89. The molecule has 0 saturated carbocycles. The molecule has 3 rings (SSSR count). The summed E-state index contributed by atoms with van der Waals surface area (Å²) in [7, 11) is -2.31. The van der Waals surface area contributed by atoms with Crippen molar-refractivity contribution in [1.82, 2.24) is 4.31 Å². The van der Waals surface area contributed by atoms with Gasteiger partial charge in [0.2, 0.25) is 10.0 Å². The second-order valence-corrected chi connectivity index (χ2v) is 8.89. The van der Waals surface area contributed by atoms with Crippen molar-refractivity contribution in [3.05, 3.63) is 53.1 Å². The highest BCUT2D eigenvalue weighted by Gasteiger charge is 2.26. The average Bonchev–Trinajstić information content (AvgIpc) is 2.78. The lowest BCUT2D eigenvalue weighted by atomic mass is 10.2. The molecule has 9 nitrogen and oxygen atoms in total. The van der Waals surface area contributed by atoms with E-state index in [0.29, 0.717) is 18.2 Å². The third-order valence-electron chi connectivity index (χ3n) is 4.44. The van der Waals surface area contributed by atoms with Crippen molar-refractivity contribution in [2.24, 2.45) is 0 Å². The highest BCUT2D eigenvalue weighted by molar-refractivity contribution is 7.89. The van der Waals surface area contributed by atoms with Gasteiger partial charge >= 0.3 is 5.97 Å². The van der Waals surface area contributed by atoms with E-state index in [9.17, 15) is 18.0 Å². The van der Waals surface area contributed by atoms with E-state index in [-0.39, 0.29) is 35.0 Å². The lowest BCUT2D eigenvalue weighted by molar-refractivity contribution is -0.119. The van der Waals surface area contributed by atoms with Crippen LogP contribution in [0, 0.1) is 0 Å². The van der Waals surface area contributed by atoms with E-state index >= 15 is 0 Å². The fraction of sp³-hybridized carbons (Fsp3) is 0.300. The minimum Gasteiger partial charge on any atom is -0.496 e. The van der Waals surface area contributed by atoms with Crippen LogP contribution in [0.25, 0.3) is 0 Å². The van der Waals surface area contributed by atoms with Crippen LogP contribution in [0.15, 0.2) is 47.4 Å². The van der Waals surface area contributed by atoms with E-state index in [1.165, 1.54) is 47.8 Å². The lowest BCUT2D eigenvalue weighted by Crippen LogP contribution is -2.40. The molecule has 166 valence electrons. The predicted molar refractivity (Wildman–Crippen MR) is 113 cm³/mol. The first-order chi connectivity index (χ1) is 14.8. The van der Waals surface area contributed by atoms with Gasteiger partial charge in [0.05, 0.1) is 25.2 Å². The summed E-state index contributed by atoms with van der Waals surface area (Å²) in [6.45, 7) is 0.621. The molecule has 0 unspecified atom stereocenters. The van der Waals surface area contributed by atoms with Crippen molar-refractivity contribution < 1.29 is 32.2 Å². The van der Waals surface area contributed by atoms with E-state index in [0.717, 1.165) is 0 Å². The molecular formula is C20H21ClN2O7S. The summed E-state index contributed by atoms with van der Waals surface area (Å²) in [5.41, 5.74) is 0.345. The number of benzene rings is 2. The maximum atomic E-state index is 12.8. The molecule has 1 aliphatic rings. The molecule has 0 radical (unpaired) electrons. The lowest BCUT2D eigenvalue weighted by Gasteiger charge is -2.26. The number of methoxy groups -OCH3 is 1. The topological polar surface area (TPSA) is 111 Å². The number of esters is 1. The average molecular weight is 469 g/mol. The van der Waals surface area contributed by atoms with Crippen LogP contribution in [-0.2, 0) is 24.3 Å². The first-order valence-electron chi connectivity index (χ1n) is 9.30. The molecule has 1 aliphatic heterocycles. The molecule has 0 aromatic heterocycles. The van der Waals surface area contributed by atoms with Gasteiger partial charge in [-0.05, 0) is 36.4 Å². The van der Waals surface area contributed by atoms with E-state index in [1.807, 2.05) is 0 Å². The largest absolute Gasteiger partial charge is 0.496 e. The standard InChI is InChI=1S/C20H21ClN2O7S/c1-28-18-6-5-14(21)11-17(18)20(25)30-13-19(24)22-15-3-2-4-16(12-15)31(26,27)23-7-9-29-10-8-23/h2-6,11-12H,7-10,13H2,1H3,(H,22,24). The number of hydrogen-bond donors (Lipinski definition) is 1. The minimum atomic E-state index is -3.70. The Hall–Kier alpha value is -2.66. The number of rotatable bonds is 7. The highest BCUT2D eigenvalue weighted by Crippen LogP contribution is 2.24. The van der Waals surface area contributed by atoms with Crippen molar-refractivity contribution in [3.8, 4) is 5.75 Å². The Kier molecular flexibility index (Phi) is 7.50. The SMILES string of the molecule is COc1ccc(Cl)cc1C(=O)OCC(=O)Nc1cccc(S(=O)(=O)N2CCOCC2)c1. The zero-order valence-corrected chi connectivity index (χ0v) is 18.2. The molecule has 1 N–H and O–H groups in total. The summed E-state index contributed by atoms with van der Waals surface area (Å²) in [4.78, 5) is 24.5. The van der Waals surface area contributed by atoms with Crippen molar-refractivity contribution in [3.63, 3.8) is 0 Å². The Morgan fingerprint density at radius 2 is 1.90 bits per heavy atom. The Morgan fingerprint density at radius 3 is 2.61 bits per heavy atom. The molecule has 1 heterocycles. The van der Waals surface area contributed by atoms with Gasteiger partial charge in [0.15, 0.2) is 6.61 Å². The van der Waals surface area contributed by atoms with E-state index < -0.39 is 28.5 Å². The van der Waals surface area contributed by atoms with Crippen LogP contribution in [0.5, 0.6) is 5.75 Å². The van der Waals surface area contributed by atoms with Gasteiger partial charge in [0.25, 0.3) is 5.91 Å². The summed E-state index contributed by atoms with van der Waals surface area (Å²) in [6.07, 6.45) is 0. The van der Waals surface area contributed by atoms with Crippen molar-refractivity contribution in [1.29, 1.82) is 0 Å². The number of anilines is 1.